The second kappa shape index (κ2) is 7.53. The second-order valence-corrected chi connectivity index (χ2v) is 6.74. The third-order valence-corrected chi connectivity index (χ3v) is 4.88. The summed E-state index contributed by atoms with van der Waals surface area (Å²) >= 11 is 1.06. The highest BCUT2D eigenvalue weighted by atomic mass is 32.2. The molecule has 2 N–H and O–H groups in total. The lowest BCUT2D eigenvalue weighted by Gasteiger charge is -2.07. The standard InChI is InChI=1S/C18H13N3O6S/c1-20-16(23)15(8-10-5-6-14(22)13(7-10)21(26)27)28-18(20)19-12-4-2-3-11(9-12)17(24)25/h2-9,22H,1H3,(H,24,25). The fraction of sp³-hybridized carbons (Fsp3) is 0.0556. The molecule has 0 radical (unpaired) electrons. The largest absolute Gasteiger partial charge is 0.502 e. The van der Waals surface area contributed by atoms with Crippen LogP contribution in [0.2, 0.25) is 0 Å². The smallest absolute Gasteiger partial charge is 0.335 e. The Balaban J connectivity index is 1.92. The van der Waals surface area contributed by atoms with Crippen molar-refractivity contribution in [1.82, 2.24) is 4.90 Å². The Labute approximate surface area is 162 Å². The van der Waals surface area contributed by atoms with Gasteiger partial charge >= 0.3 is 11.7 Å². The van der Waals surface area contributed by atoms with E-state index in [4.69, 9.17) is 5.11 Å². The molecule has 1 aliphatic rings. The van der Waals surface area contributed by atoms with Gasteiger partial charge in [0.1, 0.15) is 0 Å². The number of phenolic OH excluding ortho intramolecular Hbond substituents is 1. The molecule has 0 bridgehead atoms. The van der Waals surface area contributed by atoms with Crippen molar-refractivity contribution in [2.45, 2.75) is 0 Å². The van der Waals surface area contributed by atoms with Gasteiger partial charge < -0.3 is 10.2 Å². The van der Waals surface area contributed by atoms with Gasteiger partial charge in [0.15, 0.2) is 10.9 Å². The van der Waals surface area contributed by atoms with Gasteiger partial charge in [0.2, 0.25) is 0 Å². The van der Waals surface area contributed by atoms with Crippen LogP contribution in [0.1, 0.15) is 15.9 Å². The third-order valence-electron chi connectivity index (χ3n) is 3.82. The number of rotatable bonds is 4. The van der Waals surface area contributed by atoms with Gasteiger partial charge in [-0.25, -0.2) is 9.79 Å². The molecule has 1 saturated heterocycles. The number of carboxylic acid groups (broad SMARTS) is 1. The van der Waals surface area contributed by atoms with Crippen molar-refractivity contribution in [3.8, 4) is 5.75 Å². The van der Waals surface area contributed by atoms with E-state index in [9.17, 15) is 24.8 Å². The second-order valence-electron chi connectivity index (χ2n) is 5.73. The molecule has 0 aliphatic carbocycles. The number of carboxylic acids is 1. The molecule has 142 valence electrons. The predicted octanol–water partition coefficient (Wildman–Crippen LogP) is 3.23. The van der Waals surface area contributed by atoms with Crippen molar-refractivity contribution in [2.75, 3.05) is 7.05 Å². The molecule has 28 heavy (non-hydrogen) atoms. The van der Waals surface area contributed by atoms with Crippen LogP contribution in [-0.4, -0.2) is 44.1 Å². The number of carbonyl (C=O) groups excluding carboxylic acids is 1. The molecule has 0 saturated carbocycles. The molecule has 0 unspecified atom stereocenters. The summed E-state index contributed by atoms with van der Waals surface area (Å²) in [5, 5.41) is 29.9. The van der Waals surface area contributed by atoms with E-state index >= 15 is 0 Å². The Morgan fingerprint density at radius 1 is 1.29 bits per heavy atom. The molecule has 1 aliphatic heterocycles. The first-order valence-corrected chi connectivity index (χ1v) is 8.65. The first-order chi connectivity index (χ1) is 13.3. The Kier molecular flexibility index (Phi) is 5.14. The van der Waals surface area contributed by atoms with E-state index in [-0.39, 0.29) is 16.4 Å². The van der Waals surface area contributed by atoms with Gasteiger partial charge in [0.25, 0.3) is 5.91 Å². The fourth-order valence-electron chi connectivity index (χ4n) is 2.40. The number of phenols is 1. The Hall–Kier alpha value is -3.66. The number of hydrogen-bond donors (Lipinski definition) is 2. The minimum absolute atomic E-state index is 0.0750. The maximum absolute atomic E-state index is 12.4. The minimum atomic E-state index is -1.08. The summed E-state index contributed by atoms with van der Waals surface area (Å²) in [6.07, 6.45) is 1.46. The number of aliphatic imine (C=N–C) groups is 1. The summed E-state index contributed by atoms with van der Waals surface area (Å²) < 4.78 is 0. The van der Waals surface area contributed by atoms with Crippen LogP contribution in [-0.2, 0) is 4.79 Å². The highest BCUT2D eigenvalue weighted by molar-refractivity contribution is 8.18. The molecule has 0 atom stereocenters. The van der Waals surface area contributed by atoms with Crippen molar-refractivity contribution in [3.05, 3.63) is 68.6 Å². The van der Waals surface area contributed by atoms with Crippen LogP contribution in [0.4, 0.5) is 11.4 Å². The first-order valence-electron chi connectivity index (χ1n) is 7.83. The van der Waals surface area contributed by atoms with Crippen molar-refractivity contribution >= 4 is 46.3 Å². The van der Waals surface area contributed by atoms with Gasteiger partial charge in [-0.15, -0.1) is 0 Å². The molecular weight excluding hydrogens is 386 g/mol. The van der Waals surface area contributed by atoms with Gasteiger partial charge in [-0.2, -0.15) is 0 Å². The maximum Gasteiger partial charge on any atom is 0.335 e. The molecule has 2 aromatic rings. The lowest BCUT2D eigenvalue weighted by atomic mass is 10.1. The highest BCUT2D eigenvalue weighted by Crippen LogP contribution is 2.34. The Bertz CT molecular complexity index is 1060. The van der Waals surface area contributed by atoms with E-state index < -0.39 is 22.3 Å². The molecule has 10 heteroatoms. The number of amides is 1. The molecule has 1 fully saturated rings. The number of nitro groups is 1. The van der Waals surface area contributed by atoms with Gasteiger partial charge in [-0.1, -0.05) is 12.1 Å². The highest BCUT2D eigenvalue weighted by Gasteiger charge is 2.30. The molecular formula is C18H13N3O6S. The van der Waals surface area contributed by atoms with Crippen LogP contribution in [0.25, 0.3) is 6.08 Å². The van der Waals surface area contributed by atoms with E-state index in [1.54, 1.807) is 12.1 Å². The van der Waals surface area contributed by atoms with Crippen molar-refractivity contribution in [3.63, 3.8) is 0 Å². The van der Waals surface area contributed by atoms with Crippen LogP contribution in [0.15, 0.2) is 52.4 Å². The van der Waals surface area contributed by atoms with E-state index in [0.29, 0.717) is 16.4 Å². The van der Waals surface area contributed by atoms with Gasteiger partial charge in [0.05, 0.1) is 21.1 Å². The summed E-state index contributed by atoms with van der Waals surface area (Å²) in [7, 11) is 1.52. The lowest BCUT2D eigenvalue weighted by molar-refractivity contribution is -0.385. The summed E-state index contributed by atoms with van der Waals surface area (Å²) in [6, 6.07) is 9.80. The van der Waals surface area contributed by atoms with Crippen LogP contribution in [0.3, 0.4) is 0 Å². The molecule has 0 aromatic heterocycles. The van der Waals surface area contributed by atoms with Gasteiger partial charge in [-0.05, 0) is 47.7 Å². The van der Waals surface area contributed by atoms with Crippen LogP contribution in [0.5, 0.6) is 5.75 Å². The minimum Gasteiger partial charge on any atom is -0.502 e. The summed E-state index contributed by atoms with van der Waals surface area (Å²) in [6.45, 7) is 0. The number of likely N-dealkylation sites (N-methyl/N-ethyl adjacent to an activating group) is 1. The number of aromatic carboxylic acids is 1. The number of carbonyl (C=O) groups is 2. The molecule has 1 amide bonds. The van der Waals surface area contributed by atoms with Crippen LogP contribution >= 0.6 is 11.8 Å². The summed E-state index contributed by atoms with van der Waals surface area (Å²) in [5.74, 6) is -1.90. The number of nitrogens with zero attached hydrogens (tertiary/aromatic N) is 3. The van der Waals surface area contributed by atoms with Gasteiger partial charge in [0, 0.05) is 13.1 Å². The van der Waals surface area contributed by atoms with Crippen molar-refractivity contribution < 1.29 is 24.7 Å². The average Bonchev–Trinajstić information content (AvgIpc) is 2.91. The average molecular weight is 399 g/mol. The van der Waals surface area contributed by atoms with Crippen LogP contribution < -0.4 is 0 Å². The Morgan fingerprint density at radius 3 is 2.71 bits per heavy atom. The maximum atomic E-state index is 12.4. The summed E-state index contributed by atoms with van der Waals surface area (Å²) in [4.78, 5) is 39.7. The first kappa shape index (κ1) is 19.1. The zero-order valence-electron chi connectivity index (χ0n) is 14.4. The molecule has 2 aromatic carbocycles. The predicted molar refractivity (Wildman–Crippen MR) is 104 cm³/mol. The molecule has 1 heterocycles. The van der Waals surface area contributed by atoms with Crippen LogP contribution in [0, 0.1) is 10.1 Å². The van der Waals surface area contributed by atoms with E-state index in [1.807, 2.05) is 0 Å². The molecule has 3 rings (SSSR count). The number of nitro benzene ring substituents is 1. The molecule has 9 nitrogen and oxygen atoms in total. The SMILES string of the molecule is CN1C(=O)C(=Cc2ccc(O)c([N+](=O)[O-])c2)SC1=Nc1cccc(C(=O)O)c1. The Morgan fingerprint density at radius 2 is 2.04 bits per heavy atom. The van der Waals surface area contributed by atoms with E-state index in [0.717, 1.165) is 11.8 Å². The quantitative estimate of drug-likeness (QED) is 0.458. The number of hydrogen-bond acceptors (Lipinski definition) is 7. The normalized spacial score (nSPS) is 16.8. The number of benzene rings is 2. The summed E-state index contributed by atoms with van der Waals surface area (Å²) in [5.41, 5.74) is 0.370. The van der Waals surface area contributed by atoms with Gasteiger partial charge in [-0.3, -0.25) is 19.8 Å². The van der Waals surface area contributed by atoms with Crippen molar-refractivity contribution in [2.24, 2.45) is 4.99 Å². The topological polar surface area (TPSA) is 133 Å². The number of aromatic hydroxyl groups is 1. The van der Waals surface area contributed by atoms with E-state index in [1.165, 1.54) is 48.4 Å². The zero-order chi connectivity index (χ0) is 20.4. The fourth-order valence-corrected chi connectivity index (χ4v) is 3.39. The molecule has 0 spiro atoms. The number of thioether (sulfide) groups is 1. The third kappa shape index (κ3) is 3.86. The number of amidine groups is 1. The van der Waals surface area contributed by atoms with E-state index in [2.05, 4.69) is 4.99 Å². The lowest BCUT2D eigenvalue weighted by Crippen LogP contribution is -2.23. The monoisotopic (exact) mass is 399 g/mol. The van der Waals surface area contributed by atoms with Crippen molar-refractivity contribution in [1.29, 1.82) is 0 Å². The zero-order valence-corrected chi connectivity index (χ0v) is 15.2.